The number of aromatic nitrogens is 4. The molecule has 8 nitrogen and oxygen atoms in total. The number of amides is 1. The minimum Gasteiger partial charge on any atom is -0.455 e. The van der Waals surface area contributed by atoms with Crippen LogP contribution in [0.3, 0.4) is 0 Å². The summed E-state index contributed by atoms with van der Waals surface area (Å²) < 4.78 is 6.71. The van der Waals surface area contributed by atoms with Crippen LogP contribution in [0.25, 0.3) is 5.78 Å². The molecule has 0 spiro atoms. The molecule has 2 rings (SSSR count). The highest BCUT2D eigenvalue weighted by Crippen LogP contribution is 2.17. The fourth-order valence-electron chi connectivity index (χ4n) is 2.53. The van der Waals surface area contributed by atoms with Gasteiger partial charge in [-0.1, -0.05) is 31.5 Å². The first-order valence-electron chi connectivity index (χ1n) is 8.65. The second-order valence-electron chi connectivity index (χ2n) is 5.97. The smallest absolute Gasteiger partial charge is 0.310 e. The van der Waals surface area contributed by atoms with Crippen LogP contribution in [-0.4, -0.2) is 50.9 Å². The van der Waals surface area contributed by atoms with Crippen LogP contribution in [0, 0.1) is 13.8 Å². The fraction of sp³-hybridized carbons (Fsp3) is 0.588. The third kappa shape index (κ3) is 5.17. The Kier molecular flexibility index (Phi) is 7.38. The maximum Gasteiger partial charge on any atom is 0.310 e. The zero-order chi connectivity index (χ0) is 19.1. The van der Waals surface area contributed by atoms with Gasteiger partial charge in [-0.15, -0.1) is 5.10 Å². The molecule has 0 atom stereocenters. The average Bonchev–Trinajstić information content (AvgIpc) is 3.03. The second kappa shape index (κ2) is 9.51. The molecule has 0 unspecified atom stereocenters. The number of nitrogens with one attached hydrogen (secondary N) is 1. The second-order valence-corrected chi connectivity index (χ2v) is 6.74. The third-order valence-corrected chi connectivity index (χ3v) is 4.54. The Morgan fingerprint density at radius 2 is 2.00 bits per heavy atom. The van der Waals surface area contributed by atoms with Gasteiger partial charge in [-0.2, -0.15) is 4.98 Å². The van der Waals surface area contributed by atoms with Crippen LogP contribution < -0.4 is 5.32 Å². The van der Waals surface area contributed by atoms with Crippen molar-refractivity contribution in [3.8, 4) is 0 Å². The van der Waals surface area contributed by atoms with E-state index in [4.69, 9.17) is 4.74 Å². The topological polar surface area (TPSA) is 98.5 Å². The van der Waals surface area contributed by atoms with Gasteiger partial charge in [0.2, 0.25) is 5.16 Å². The zero-order valence-electron chi connectivity index (χ0n) is 15.7. The molecule has 1 N–H and O–H groups in total. The van der Waals surface area contributed by atoms with Gasteiger partial charge >= 0.3 is 5.97 Å². The summed E-state index contributed by atoms with van der Waals surface area (Å²) in [6.07, 6.45) is 5.01. The van der Waals surface area contributed by atoms with E-state index in [0.717, 1.165) is 30.5 Å². The Labute approximate surface area is 157 Å². The van der Waals surface area contributed by atoms with Crippen LogP contribution >= 0.6 is 11.8 Å². The molecule has 2 aromatic heterocycles. The van der Waals surface area contributed by atoms with Crippen molar-refractivity contribution in [3.05, 3.63) is 17.0 Å². The van der Waals surface area contributed by atoms with Crippen molar-refractivity contribution in [1.29, 1.82) is 0 Å². The molecule has 0 radical (unpaired) electrons. The van der Waals surface area contributed by atoms with Crippen molar-refractivity contribution < 1.29 is 14.3 Å². The van der Waals surface area contributed by atoms with E-state index in [-0.39, 0.29) is 18.9 Å². The first-order valence-corrected chi connectivity index (χ1v) is 9.87. The van der Waals surface area contributed by atoms with Gasteiger partial charge in [-0.3, -0.25) is 9.59 Å². The summed E-state index contributed by atoms with van der Waals surface area (Å²) in [4.78, 5) is 32.5. The van der Waals surface area contributed by atoms with Crippen molar-refractivity contribution in [3.63, 3.8) is 0 Å². The van der Waals surface area contributed by atoms with E-state index >= 15 is 0 Å². The predicted octanol–water partition coefficient (Wildman–Crippen LogP) is 1.86. The standard InChI is InChI=1S/C17H25N5O3S/c1-5-6-7-8-18-14(23)10-25-15(24)9-13-11(2)19-16-20-17(26-4)21-22(16)12(13)3/h5-10H2,1-4H3,(H,18,23). The number of carbonyl (C=O) groups is 2. The number of carbonyl (C=O) groups excluding carboxylic acids is 2. The van der Waals surface area contributed by atoms with Gasteiger partial charge in [-0.05, 0) is 26.5 Å². The van der Waals surface area contributed by atoms with E-state index in [1.54, 1.807) is 4.52 Å². The predicted molar refractivity (Wildman–Crippen MR) is 99.2 cm³/mol. The molecule has 2 heterocycles. The normalized spacial score (nSPS) is 10.9. The van der Waals surface area contributed by atoms with E-state index < -0.39 is 5.97 Å². The lowest BCUT2D eigenvalue weighted by molar-refractivity contribution is -0.147. The summed E-state index contributed by atoms with van der Waals surface area (Å²) >= 11 is 1.43. The van der Waals surface area contributed by atoms with Crippen LogP contribution in [0.5, 0.6) is 0 Å². The Morgan fingerprint density at radius 1 is 1.23 bits per heavy atom. The molecule has 2 aromatic rings. The minimum atomic E-state index is -0.466. The Morgan fingerprint density at radius 3 is 2.69 bits per heavy atom. The van der Waals surface area contributed by atoms with E-state index in [2.05, 4.69) is 27.3 Å². The van der Waals surface area contributed by atoms with E-state index in [0.29, 0.717) is 23.2 Å². The summed E-state index contributed by atoms with van der Waals surface area (Å²) in [5.74, 6) is -0.239. The molecule has 142 valence electrons. The maximum atomic E-state index is 12.1. The van der Waals surface area contributed by atoms with Gasteiger partial charge < -0.3 is 10.1 Å². The Balaban J connectivity index is 1.95. The number of hydrogen-bond donors (Lipinski definition) is 1. The molecule has 0 aliphatic rings. The van der Waals surface area contributed by atoms with Crippen LogP contribution in [0.4, 0.5) is 0 Å². The summed E-state index contributed by atoms with van der Waals surface area (Å²) in [6.45, 7) is 6.12. The molecule has 0 fully saturated rings. The van der Waals surface area contributed by atoms with Crippen LogP contribution in [-0.2, 0) is 20.7 Å². The summed E-state index contributed by atoms with van der Waals surface area (Å²) in [5, 5.41) is 7.72. The highest BCUT2D eigenvalue weighted by atomic mass is 32.2. The minimum absolute atomic E-state index is 0.0399. The van der Waals surface area contributed by atoms with Gasteiger partial charge in [-0.25, -0.2) is 9.50 Å². The number of fused-ring (bicyclic) bond motifs is 1. The van der Waals surface area contributed by atoms with Gasteiger partial charge in [0.15, 0.2) is 6.61 Å². The molecule has 9 heteroatoms. The largest absolute Gasteiger partial charge is 0.455 e. The lowest BCUT2D eigenvalue weighted by Crippen LogP contribution is -2.30. The fourth-order valence-corrected chi connectivity index (χ4v) is 2.86. The highest BCUT2D eigenvalue weighted by molar-refractivity contribution is 7.98. The lowest BCUT2D eigenvalue weighted by Gasteiger charge is -2.10. The monoisotopic (exact) mass is 379 g/mol. The first-order chi connectivity index (χ1) is 12.5. The number of nitrogens with zero attached hydrogens (tertiary/aromatic N) is 4. The molecule has 1 amide bonds. The molecular formula is C17H25N5O3S. The van der Waals surface area contributed by atoms with Crippen LogP contribution in [0.2, 0.25) is 0 Å². The van der Waals surface area contributed by atoms with E-state index in [1.165, 1.54) is 11.8 Å². The number of rotatable bonds is 9. The lowest BCUT2D eigenvalue weighted by atomic mass is 10.1. The van der Waals surface area contributed by atoms with Crippen LogP contribution in [0.15, 0.2) is 5.16 Å². The van der Waals surface area contributed by atoms with Crippen molar-refractivity contribution in [2.75, 3.05) is 19.4 Å². The maximum absolute atomic E-state index is 12.1. The van der Waals surface area contributed by atoms with Crippen LogP contribution in [0.1, 0.15) is 43.1 Å². The Hall–Kier alpha value is -2.16. The van der Waals surface area contributed by atoms with Gasteiger partial charge in [0.25, 0.3) is 11.7 Å². The zero-order valence-corrected chi connectivity index (χ0v) is 16.5. The summed E-state index contributed by atoms with van der Waals surface area (Å²) in [7, 11) is 0. The van der Waals surface area contributed by atoms with Crippen molar-refractivity contribution >= 4 is 29.4 Å². The Bertz CT molecular complexity index is 790. The SMILES string of the molecule is CCCCCNC(=O)COC(=O)Cc1c(C)nc2nc(SC)nn2c1C. The first kappa shape index (κ1) is 20.2. The quantitative estimate of drug-likeness (QED) is 0.403. The van der Waals surface area contributed by atoms with Crippen molar-refractivity contribution in [1.82, 2.24) is 24.9 Å². The average molecular weight is 379 g/mol. The van der Waals surface area contributed by atoms with Crippen molar-refractivity contribution in [2.45, 2.75) is 51.6 Å². The highest BCUT2D eigenvalue weighted by Gasteiger charge is 2.17. The molecule has 0 aromatic carbocycles. The molecule has 0 saturated heterocycles. The number of hydrogen-bond acceptors (Lipinski definition) is 7. The van der Waals surface area contributed by atoms with E-state index in [1.807, 2.05) is 20.1 Å². The number of ether oxygens (including phenoxy) is 1. The molecule has 26 heavy (non-hydrogen) atoms. The summed E-state index contributed by atoms with van der Waals surface area (Å²) in [6, 6.07) is 0. The number of thioether (sulfide) groups is 1. The van der Waals surface area contributed by atoms with E-state index in [9.17, 15) is 9.59 Å². The number of esters is 1. The van der Waals surface area contributed by atoms with Gasteiger partial charge in [0, 0.05) is 23.5 Å². The molecule has 0 aliphatic heterocycles. The third-order valence-electron chi connectivity index (χ3n) is 4.00. The number of aryl methyl sites for hydroxylation is 2. The number of unbranched alkanes of at least 4 members (excludes halogenated alkanes) is 2. The molecule has 0 saturated carbocycles. The van der Waals surface area contributed by atoms with Gasteiger partial charge in [0.05, 0.1) is 6.42 Å². The summed E-state index contributed by atoms with van der Waals surface area (Å²) in [5.41, 5.74) is 2.24. The molecule has 0 aliphatic carbocycles. The van der Waals surface area contributed by atoms with Crippen molar-refractivity contribution in [2.24, 2.45) is 0 Å². The van der Waals surface area contributed by atoms with Gasteiger partial charge in [0.1, 0.15) is 0 Å². The molecular weight excluding hydrogens is 354 g/mol. The molecule has 0 bridgehead atoms.